The van der Waals surface area contributed by atoms with Crippen molar-refractivity contribution in [1.29, 1.82) is 0 Å². The van der Waals surface area contributed by atoms with Crippen LogP contribution in [0.1, 0.15) is 37.7 Å². The number of nitro benzene ring substituents is 1. The summed E-state index contributed by atoms with van der Waals surface area (Å²) in [5.74, 6) is -0.0478. The van der Waals surface area contributed by atoms with Gasteiger partial charge in [-0.25, -0.2) is 0 Å². The second-order valence-electron chi connectivity index (χ2n) is 5.43. The fraction of sp³-hybridized carbons (Fsp3) is 0.438. The number of rotatable bonds is 4. The van der Waals surface area contributed by atoms with Crippen molar-refractivity contribution < 1.29 is 9.72 Å². The minimum atomic E-state index is -0.437. The minimum Gasteiger partial charge on any atom is -0.339 e. The Hall–Kier alpha value is -2.17. The Balaban J connectivity index is 2.01. The van der Waals surface area contributed by atoms with Crippen molar-refractivity contribution in [2.75, 3.05) is 7.05 Å². The molecule has 1 fully saturated rings. The predicted octanol–water partition coefficient (Wildman–Crippen LogP) is 3.40. The largest absolute Gasteiger partial charge is 0.339 e. The first-order valence-corrected chi connectivity index (χ1v) is 7.27. The second-order valence-corrected chi connectivity index (χ2v) is 5.43. The van der Waals surface area contributed by atoms with Crippen molar-refractivity contribution in [2.45, 2.75) is 38.1 Å². The number of benzene rings is 1. The Kier molecular flexibility index (Phi) is 5.09. The quantitative estimate of drug-likeness (QED) is 0.484. The maximum atomic E-state index is 12.1. The van der Waals surface area contributed by atoms with Crippen LogP contribution in [-0.4, -0.2) is 28.8 Å². The van der Waals surface area contributed by atoms with E-state index in [0.29, 0.717) is 11.6 Å². The molecule has 1 amide bonds. The zero-order valence-electron chi connectivity index (χ0n) is 12.2. The average Bonchev–Trinajstić information content (AvgIpc) is 2.53. The third kappa shape index (κ3) is 4.15. The van der Waals surface area contributed by atoms with Gasteiger partial charge in [-0.3, -0.25) is 14.9 Å². The van der Waals surface area contributed by atoms with Crippen LogP contribution in [-0.2, 0) is 4.79 Å². The lowest BCUT2D eigenvalue weighted by Crippen LogP contribution is -2.37. The monoisotopic (exact) mass is 288 g/mol. The Morgan fingerprint density at radius 3 is 2.71 bits per heavy atom. The topological polar surface area (TPSA) is 63.5 Å². The SMILES string of the molecule is CN(C(=O)/C=C/c1cccc([N+](=O)[O-])c1)C1CCCCC1. The summed E-state index contributed by atoms with van der Waals surface area (Å²) >= 11 is 0. The molecule has 1 aliphatic rings. The molecule has 0 N–H and O–H groups in total. The highest BCUT2D eigenvalue weighted by Gasteiger charge is 2.20. The van der Waals surface area contributed by atoms with E-state index >= 15 is 0 Å². The van der Waals surface area contributed by atoms with Crippen LogP contribution in [0.25, 0.3) is 6.08 Å². The van der Waals surface area contributed by atoms with Crippen LogP contribution in [0.4, 0.5) is 5.69 Å². The molecule has 0 unspecified atom stereocenters. The summed E-state index contributed by atoms with van der Waals surface area (Å²) < 4.78 is 0. The molecule has 0 heterocycles. The smallest absolute Gasteiger partial charge is 0.270 e. The average molecular weight is 288 g/mol. The van der Waals surface area contributed by atoms with E-state index in [-0.39, 0.29) is 11.6 Å². The number of carbonyl (C=O) groups excluding carboxylic acids is 1. The zero-order chi connectivity index (χ0) is 15.2. The molecule has 0 saturated heterocycles. The lowest BCUT2D eigenvalue weighted by atomic mass is 9.94. The van der Waals surface area contributed by atoms with E-state index in [2.05, 4.69) is 0 Å². The van der Waals surface area contributed by atoms with Crippen molar-refractivity contribution in [3.05, 3.63) is 46.0 Å². The maximum Gasteiger partial charge on any atom is 0.270 e. The van der Waals surface area contributed by atoms with Gasteiger partial charge in [0.05, 0.1) is 4.92 Å². The molecule has 0 bridgehead atoms. The molecule has 1 saturated carbocycles. The number of likely N-dealkylation sites (N-methyl/N-ethyl adjacent to an activating group) is 1. The van der Waals surface area contributed by atoms with Gasteiger partial charge in [-0.05, 0) is 24.5 Å². The van der Waals surface area contributed by atoms with Crippen molar-refractivity contribution >= 4 is 17.7 Å². The first-order chi connectivity index (χ1) is 10.1. The van der Waals surface area contributed by atoms with Crippen LogP contribution in [0.15, 0.2) is 30.3 Å². The Labute approximate surface area is 124 Å². The Morgan fingerprint density at radius 2 is 2.05 bits per heavy atom. The standard InChI is InChI=1S/C16H20N2O3/c1-17(14-7-3-2-4-8-14)16(19)11-10-13-6-5-9-15(12-13)18(20)21/h5-6,9-12,14H,2-4,7-8H2,1H3/b11-10+. The summed E-state index contributed by atoms with van der Waals surface area (Å²) in [5.41, 5.74) is 0.694. The first kappa shape index (κ1) is 15.2. The first-order valence-electron chi connectivity index (χ1n) is 7.27. The van der Waals surface area contributed by atoms with Crippen molar-refractivity contribution in [1.82, 2.24) is 4.90 Å². The molecule has 5 nitrogen and oxygen atoms in total. The summed E-state index contributed by atoms with van der Waals surface area (Å²) in [6.45, 7) is 0. The number of non-ortho nitro benzene ring substituents is 1. The normalized spacial score (nSPS) is 16.0. The van der Waals surface area contributed by atoms with E-state index in [1.165, 1.54) is 37.5 Å². The maximum absolute atomic E-state index is 12.1. The number of nitrogens with zero attached hydrogens (tertiary/aromatic N) is 2. The van der Waals surface area contributed by atoms with Gasteiger partial charge in [0.25, 0.3) is 5.69 Å². The second kappa shape index (κ2) is 7.02. The summed E-state index contributed by atoms with van der Waals surface area (Å²) in [7, 11) is 1.83. The molecule has 0 radical (unpaired) electrons. The van der Waals surface area contributed by atoms with E-state index in [4.69, 9.17) is 0 Å². The third-order valence-corrected chi connectivity index (χ3v) is 3.97. The fourth-order valence-electron chi connectivity index (χ4n) is 2.68. The van der Waals surface area contributed by atoms with E-state index in [1.54, 1.807) is 23.1 Å². The number of hydrogen-bond donors (Lipinski definition) is 0. The molecule has 0 aliphatic heterocycles. The van der Waals surface area contributed by atoms with Crippen molar-refractivity contribution in [2.24, 2.45) is 0 Å². The van der Waals surface area contributed by atoms with Gasteiger partial charge in [0, 0.05) is 31.3 Å². The van der Waals surface area contributed by atoms with E-state index in [9.17, 15) is 14.9 Å². The molecule has 2 rings (SSSR count). The van der Waals surface area contributed by atoms with Gasteiger partial charge >= 0.3 is 0 Å². The fourth-order valence-corrected chi connectivity index (χ4v) is 2.68. The van der Waals surface area contributed by atoms with Crippen LogP contribution >= 0.6 is 0 Å². The molecule has 5 heteroatoms. The van der Waals surface area contributed by atoms with Gasteiger partial charge in [0.15, 0.2) is 0 Å². The van der Waals surface area contributed by atoms with Gasteiger partial charge in [-0.15, -0.1) is 0 Å². The molecule has 0 spiro atoms. The Bertz CT molecular complexity index is 548. The van der Waals surface area contributed by atoms with E-state index < -0.39 is 4.92 Å². The molecular formula is C16H20N2O3. The summed E-state index contributed by atoms with van der Waals surface area (Å²) in [6.07, 6.45) is 8.86. The van der Waals surface area contributed by atoms with Gasteiger partial charge in [-0.2, -0.15) is 0 Å². The molecule has 21 heavy (non-hydrogen) atoms. The minimum absolute atomic E-state index is 0.0326. The molecular weight excluding hydrogens is 268 g/mol. The molecule has 112 valence electrons. The number of hydrogen-bond acceptors (Lipinski definition) is 3. The number of amides is 1. The van der Waals surface area contributed by atoms with E-state index in [0.717, 1.165) is 12.8 Å². The van der Waals surface area contributed by atoms with Gasteiger partial charge in [-0.1, -0.05) is 31.4 Å². The van der Waals surface area contributed by atoms with Crippen LogP contribution in [0, 0.1) is 10.1 Å². The van der Waals surface area contributed by atoms with Crippen LogP contribution in [0.3, 0.4) is 0 Å². The molecule has 0 aromatic heterocycles. The van der Waals surface area contributed by atoms with Crippen LogP contribution in [0.5, 0.6) is 0 Å². The molecule has 0 atom stereocenters. The van der Waals surface area contributed by atoms with Gasteiger partial charge in [0.1, 0.15) is 0 Å². The predicted molar refractivity (Wildman–Crippen MR) is 81.8 cm³/mol. The highest BCUT2D eigenvalue weighted by Crippen LogP contribution is 2.22. The van der Waals surface area contributed by atoms with Crippen molar-refractivity contribution in [3.63, 3.8) is 0 Å². The number of carbonyl (C=O) groups is 1. The number of nitro groups is 1. The molecule has 1 aromatic rings. The summed E-state index contributed by atoms with van der Waals surface area (Å²) in [5, 5.41) is 10.7. The molecule has 1 aliphatic carbocycles. The summed E-state index contributed by atoms with van der Waals surface area (Å²) in [6, 6.07) is 6.59. The van der Waals surface area contributed by atoms with Crippen LogP contribution < -0.4 is 0 Å². The van der Waals surface area contributed by atoms with E-state index in [1.807, 2.05) is 7.05 Å². The molecule has 1 aromatic carbocycles. The van der Waals surface area contributed by atoms with Gasteiger partial charge < -0.3 is 4.90 Å². The van der Waals surface area contributed by atoms with Gasteiger partial charge in [0.2, 0.25) is 5.91 Å². The zero-order valence-corrected chi connectivity index (χ0v) is 12.2. The highest BCUT2D eigenvalue weighted by molar-refractivity contribution is 5.91. The Morgan fingerprint density at radius 1 is 1.33 bits per heavy atom. The third-order valence-electron chi connectivity index (χ3n) is 3.97. The van der Waals surface area contributed by atoms with Crippen LogP contribution in [0.2, 0.25) is 0 Å². The lowest BCUT2D eigenvalue weighted by Gasteiger charge is -2.30. The van der Waals surface area contributed by atoms with Crippen molar-refractivity contribution in [3.8, 4) is 0 Å². The lowest BCUT2D eigenvalue weighted by molar-refractivity contribution is -0.384. The highest BCUT2D eigenvalue weighted by atomic mass is 16.6. The summed E-state index contributed by atoms with van der Waals surface area (Å²) in [4.78, 5) is 24.2.